The zero-order valence-corrected chi connectivity index (χ0v) is 8.09. The first-order chi connectivity index (χ1) is 5.93. The van der Waals surface area contributed by atoms with Crippen molar-refractivity contribution in [1.29, 1.82) is 0 Å². The molecule has 0 aromatic heterocycles. The summed E-state index contributed by atoms with van der Waals surface area (Å²) in [6, 6.07) is 0. The molecule has 0 amide bonds. The maximum absolute atomic E-state index is 5.57. The molecule has 0 aromatic rings. The van der Waals surface area contributed by atoms with E-state index in [1.54, 1.807) is 0 Å². The Kier molecular flexibility index (Phi) is 5.09. The van der Waals surface area contributed by atoms with Gasteiger partial charge < -0.3 is 4.74 Å². The molecule has 1 aliphatic rings. The van der Waals surface area contributed by atoms with Gasteiger partial charge in [-0.1, -0.05) is 31.9 Å². The molecule has 1 unspecified atom stereocenters. The number of hydrogen-bond acceptors (Lipinski definition) is 1. The maximum Gasteiger partial charge on any atom is 0.0755 e. The lowest BCUT2D eigenvalue weighted by atomic mass is 10.1. The van der Waals surface area contributed by atoms with Crippen LogP contribution >= 0.6 is 0 Å². The fourth-order valence-corrected chi connectivity index (χ4v) is 1.49. The lowest BCUT2D eigenvalue weighted by Gasteiger charge is -2.19. The van der Waals surface area contributed by atoms with Crippen molar-refractivity contribution in [1.82, 2.24) is 0 Å². The fourth-order valence-electron chi connectivity index (χ4n) is 1.49. The third-order valence-corrected chi connectivity index (χ3v) is 2.29. The van der Waals surface area contributed by atoms with Gasteiger partial charge in [0, 0.05) is 6.61 Å². The molecule has 1 saturated heterocycles. The van der Waals surface area contributed by atoms with Gasteiger partial charge in [0.15, 0.2) is 0 Å². The van der Waals surface area contributed by atoms with Crippen LogP contribution in [-0.4, -0.2) is 12.7 Å². The molecule has 0 spiro atoms. The number of hydrogen-bond donors (Lipinski definition) is 0. The molecule has 70 valence electrons. The topological polar surface area (TPSA) is 9.23 Å². The second-order valence-electron chi connectivity index (χ2n) is 3.48. The van der Waals surface area contributed by atoms with E-state index in [1.165, 1.54) is 38.5 Å². The van der Waals surface area contributed by atoms with E-state index in [0.717, 1.165) is 6.61 Å². The van der Waals surface area contributed by atoms with Crippen molar-refractivity contribution in [2.75, 3.05) is 6.61 Å². The quantitative estimate of drug-likeness (QED) is 0.462. The van der Waals surface area contributed by atoms with Crippen LogP contribution in [0.25, 0.3) is 0 Å². The van der Waals surface area contributed by atoms with Crippen LogP contribution < -0.4 is 0 Å². The lowest BCUT2D eigenvalue weighted by Crippen LogP contribution is -2.16. The largest absolute Gasteiger partial charge is 0.374 e. The molecule has 1 rings (SSSR count). The Labute approximate surface area is 75.8 Å². The van der Waals surface area contributed by atoms with Crippen molar-refractivity contribution in [3.05, 3.63) is 12.2 Å². The first-order valence-electron chi connectivity index (χ1n) is 5.21. The van der Waals surface area contributed by atoms with Crippen LogP contribution in [0.3, 0.4) is 0 Å². The first kappa shape index (κ1) is 9.79. The van der Waals surface area contributed by atoms with Crippen LogP contribution in [0.1, 0.15) is 45.4 Å². The summed E-state index contributed by atoms with van der Waals surface area (Å²) >= 11 is 0. The van der Waals surface area contributed by atoms with Crippen LogP contribution in [0.4, 0.5) is 0 Å². The van der Waals surface area contributed by atoms with Crippen LogP contribution in [0.2, 0.25) is 0 Å². The van der Waals surface area contributed by atoms with Gasteiger partial charge in [0.05, 0.1) is 6.10 Å². The van der Waals surface area contributed by atoms with E-state index in [2.05, 4.69) is 19.1 Å². The Hall–Kier alpha value is -0.300. The van der Waals surface area contributed by atoms with Crippen molar-refractivity contribution in [2.24, 2.45) is 0 Å². The highest BCUT2D eigenvalue weighted by molar-refractivity contribution is 4.90. The lowest BCUT2D eigenvalue weighted by molar-refractivity contribution is 0.0464. The monoisotopic (exact) mass is 168 g/mol. The van der Waals surface area contributed by atoms with Crippen molar-refractivity contribution in [3.63, 3.8) is 0 Å². The predicted molar refractivity (Wildman–Crippen MR) is 52.3 cm³/mol. The molecule has 0 N–H and O–H groups in total. The van der Waals surface area contributed by atoms with Crippen LogP contribution in [0.5, 0.6) is 0 Å². The normalized spacial score (nSPS) is 24.9. The maximum atomic E-state index is 5.57. The average molecular weight is 168 g/mol. The molecule has 1 nitrogen and oxygen atoms in total. The molecule has 1 atom stereocenters. The summed E-state index contributed by atoms with van der Waals surface area (Å²) in [5, 5.41) is 0. The van der Waals surface area contributed by atoms with E-state index in [-0.39, 0.29) is 0 Å². The second-order valence-corrected chi connectivity index (χ2v) is 3.48. The smallest absolute Gasteiger partial charge is 0.0755 e. The van der Waals surface area contributed by atoms with E-state index >= 15 is 0 Å². The molecular weight excluding hydrogens is 148 g/mol. The fraction of sp³-hybridized carbons (Fsp3) is 0.818. The van der Waals surface area contributed by atoms with Crippen molar-refractivity contribution in [2.45, 2.75) is 51.6 Å². The molecule has 1 fully saturated rings. The second kappa shape index (κ2) is 6.24. The highest BCUT2D eigenvalue weighted by Crippen LogP contribution is 2.13. The number of ether oxygens (including phenoxy) is 1. The Morgan fingerprint density at radius 2 is 2.33 bits per heavy atom. The molecule has 0 saturated carbocycles. The van der Waals surface area contributed by atoms with Crippen molar-refractivity contribution >= 4 is 0 Å². The van der Waals surface area contributed by atoms with Gasteiger partial charge in [-0.3, -0.25) is 0 Å². The number of unbranched alkanes of at least 4 members (excludes halogenated alkanes) is 2. The molecule has 0 radical (unpaired) electrons. The van der Waals surface area contributed by atoms with Gasteiger partial charge in [0.2, 0.25) is 0 Å². The third-order valence-electron chi connectivity index (χ3n) is 2.29. The Morgan fingerprint density at radius 1 is 1.42 bits per heavy atom. The van der Waals surface area contributed by atoms with Crippen molar-refractivity contribution < 1.29 is 4.74 Å². The molecule has 0 aromatic carbocycles. The van der Waals surface area contributed by atoms with Crippen LogP contribution in [0, 0.1) is 0 Å². The zero-order valence-electron chi connectivity index (χ0n) is 8.09. The van der Waals surface area contributed by atoms with Gasteiger partial charge in [-0.05, 0) is 25.7 Å². The molecule has 1 aliphatic heterocycles. The SMILES string of the molecule is CCCCC=CC1CCCCO1. The molecule has 1 heterocycles. The van der Waals surface area contributed by atoms with Crippen LogP contribution in [0.15, 0.2) is 12.2 Å². The van der Waals surface area contributed by atoms with E-state index in [0.29, 0.717) is 6.10 Å². The van der Waals surface area contributed by atoms with Gasteiger partial charge in [0.1, 0.15) is 0 Å². The molecule has 1 heteroatoms. The minimum atomic E-state index is 0.426. The van der Waals surface area contributed by atoms with Crippen LogP contribution in [-0.2, 0) is 4.74 Å². The number of allylic oxidation sites excluding steroid dienone is 1. The standard InChI is InChI=1S/C11H20O/c1-2-3-4-5-8-11-9-6-7-10-12-11/h5,8,11H,2-4,6-7,9-10H2,1H3. The van der Waals surface area contributed by atoms with E-state index in [1.807, 2.05) is 0 Å². The molecule has 0 bridgehead atoms. The van der Waals surface area contributed by atoms with E-state index < -0.39 is 0 Å². The third kappa shape index (κ3) is 3.91. The number of rotatable bonds is 4. The highest BCUT2D eigenvalue weighted by atomic mass is 16.5. The summed E-state index contributed by atoms with van der Waals surface area (Å²) < 4.78 is 5.57. The summed E-state index contributed by atoms with van der Waals surface area (Å²) in [6.07, 6.45) is 12.6. The summed E-state index contributed by atoms with van der Waals surface area (Å²) in [5.74, 6) is 0. The van der Waals surface area contributed by atoms with Gasteiger partial charge in [-0.25, -0.2) is 0 Å². The van der Waals surface area contributed by atoms with Gasteiger partial charge in [0.25, 0.3) is 0 Å². The van der Waals surface area contributed by atoms with Crippen molar-refractivity contribution in [3.8, 4) is 0 Å². The minimum absolute atomic E-state index is 0.426. The highest BCUT2D eigenvalue weighted by Gasteiger charge is 2.08. The summed E-state index contributed by atoms with van der Waals surface area (Å²) in [7, 11) is 0. The van der Waals surface area contributed by atoms with E-state index in [9.17, 15) is 0 Å². The average Bonchev–Trinajstić information content (AvgIpc) is 2.14. The van der Waals surface area contributed by atoms with Gasteiger partial charge in [-0.15, -0.1) is 0 Å². The zero-order chi connectivity index (χ0) is 8.65. The Balaban J connectivity index is 2.07. The van der Waals surface area contributed by atoms with Gasteiger partial charge >= 0.3 is 0 Å². The molecule has 0 aliphatic carbocycles. The summed E-state index contributed by atoms with van der Waals surface area (Å²) in [4.78, 5) is 0. The Bertz CT molecular complexity index is 123. The molecular formula is C11H20O. The van der Waals surface area contributed by atoms with Gasteiger partial charge in [-0.2, -0.15) is 0 Å². The minimum Gasteiger partial charge on any atom is -0.374 e. The first-order valence-corrected chi connectivity index (χ1v) is 5.21. The predicted octanol–water partition coefficient (Wildman–Crippen LogP) is 3.30. The molecule has 12 heavy (non-hydrogen) atoms. The summed E-state index contributed by atoms with van der Waals surface area (Å²) in [5.41, 5.74) is 0. The summed E-state index contributed by atoms with van der Waals surface area (Å²) in [6.45, 7) is 3.19. The Morgan fingerprint density at radius 3 is 3.00 bits per heavy atom. The van der Waals surface area contributed by atoms with E-state index in [4.69, 9.17) is 4.74 Å².